The maximum Gasteiger partial charge on any atom is 0.192 e. The number of aliphatic imine (C=N–C) groups is 1. The Bertz CT molecular complexity index is 523. The number of fused-ring (bicyclic) bond motifs is 2. The SMILES string of the molecule is CCC(C)N1C(N)=NCC12CCCCc1ccccc12. The van der Waals surface area contributed by atoms with Gasteiger partial charge in [-0.1, -0.05) is 37.6 Å². The zero-order chi connectivity index (χ0) is 14.2. The predicted octanol–water partition coefficient (Wildman–Crippen LogP) is 3.04. The molecular formula is C17H25N3. The summed E-state index contributed by atoms with van der Waals surface area (Å²) in [6.07, 6.45) is 5.97. The topological polar surface area (TPSA) is 41.6 Å². The molecule has 1 aliphatic carbocycles. The normalized spacial score (nSPS) is 27.1. The summed E-state index contributed by atoms with van der Waals surface area (Å²) in [7, 11) is 0. The van der Waals surface area contributed by atoms with Crippen LogP contribution < -0.4 is 5.73 Å². The summed E-state index contributed by atoms with van der Waals surface area (Å²) in [6, 6.07) is 9.34. The Balaban J connectivity index is 2.11. The van der Waals surface area contributed by atoms with Crippen LogP contribution in [0.5, 0.6) is 0 Å². The molecule has 1 aromatic rings. The third-order valence-corrected chi connectivity index (χ3v) is 5.05. The van der Waals surface area contributed by atoms with Gasteiger partial charge in [-0.05, 0) is 43.7 Å². The fraction of sp³-hybridized carbons (Fsp3) is 0.588. The standard InChI is InChI=1S/C17H25N3/c1-3-13(2)20-16(18)19-12-17(20)11-7-6-9-14-8-4-5-10-15(14)17/h4-5,8,10,13H,3,6-7,9,11-12H2,1-2H3,(H2,18,19). The number of guanidine groups is 1. The molecule has 1 spiro atoms. The van der Waals surface area contributed by atoms with Gasteiger partial charge in [0.1, 0.15) is 0 Å². The third kappa shape index (κ3) is 1.91. The lowest BCUT2D eigenvalue weighted by Gasteiger charge is -2.43. The number of nitrogens with zero attached hydrogens (tertiary/aromatic N) is 2. The van der Waals surface area contributed by atoms with Crippen molar-refractivity contribution < 1.29 is 0 Å². The molecule has 3 heteroatoms. The van der Waals surface area contributed by atoms with Crippen molar-refractivity contribution in [3.63, 3.8) is 0 Å². The summed E-state index contributed by atoms with van der Waals surface area (Å²) >= 11 is 0. The van der Waals surface area contributed by atoms with Crippen LogP contribution >= 0.6 is 0 Å². The Morgan fingerprint density at radius 1 is 1.35 bits per heavy atom. The summed E-state index contributed by atoms with van der Waals surface area (Å²) in [5.41, 5.74) is 9.20. The van der Waals surface area contributed by atoms with Crippen LogP contribution in [0.3, 0.4) is 0 Å². The van der Waals surface area contributed by atoms with E-state index >= 15 is 0 Å². The first kappa shape index (κ1) is 13.5. The monoisotopic (exact) mass is 271 g/mol. The molecule has 1 aliphatic heterocycles. The van der Waals surface area contributed by atoms with Gasteiger partial charge in [-0.2, -0.15) is 0 Å². The number of hydrogen-bond acceptors (Lipinski definition) is 3. The van der Waals surface area contributed by atoms with Crippen LogP contribution in [0.2, 0.25) is 0 Å². The van der Waals surface area contributed by atoms with Crippen LogP contribution in [-0.2, 0) is 12.0 Å². The molecule has 0 fully saturated rings. The van der Waals surface area contributed by atoms with Crippen molar-refractivity contribution in [2.75, 3.05) is 6.54 Å². The van der Waals surface area contributed by atoms with Crippen molar-refractivity contribution in [2.24, 2.45) is 10.7 Å². The Morgan fingerprint density at radius 3 is 2.95 bits per heavy atom. The Morgan fingerprint density at radius 2 is 2.15 bits per heavy atom. The molecule has 2 aliphatic rings. The van der Waals surface area contributed by atoms with E-state index in [2.05, 4.69) is 48.0 Å². The number of nitrogens with two attached hydrogens (primary N) is 1. The first-order valence-electron chi connectivity index (χ1n) is 7.86. The van der Waals surface area contributed by atoms with Crippen molar-refractivity contribution >= 4 is 5.96 Å². The molecule has 2 unspecified atom stereocenters. The zero-order valence-corrected chi connectivity index (χ0v) is 12.6. The van der Waals surface area contributed by atoms with Crippen LogP contribution in [-0.4, -0.2) is 23.4 Å². The summed E-state index contributed by atoms with van der Waals surface area (Å²) in [5, 5.41) is 0. The predicted molar refractivity (Wildman–Crippen MR) is 83.8 cm³/mol. The van der Waals surface area contributed by atoms with Crippen molar-refractivity contribution in [1.29, 1.82) is 0 Å². The van der Waals surface area contributed by atoms with E-state index in [4.69, 9.17) is 5.73 Å². The molecule has 0 saturated carbocycles. The largest absolute Gasteiger partial charge is 0.370 e. The molecule has 20 heavy (non-hydrogen) atoms. The first-order chi connectivity index (χ1) is 9.69. The van der Waals surface area contributed by atoms with Gasteiger partial charge in [0.2, 0.25) is 0 Å². The van der Waals surface area contributed by atoms with Crippen LogP contribution in [0.4, 0.5) is 0 Å². The minimum absolute atomic E-state index is 0.00655. The van der Waals surface area contributed by atoms with Crippen molar-refractivity contribution in [3.05, 3.63) is 35.4 Å². The van der Waals surface area contributed by atoms with Crippen LogP contribution in [0.15, 0.2) is 29.3 Å². The zero-order valence-electron chi connectivity index (χ0n) is 12.6. The molecule has 0 amide bonds. The minimum atomic E-state index is 0.00655. The first-order valence-corrected chi connectivity index (χ1v) is 7.86. The van der Waals surface area contributed by atoms with Crippen molar-refractivity contribution in [2.45, 2.75) is 57.5 Å². The second-order valence-corrected chi connectivity index (χ2v) is 6.20. The summed E-state index contributed by atoms with van der Waals surface area (Å²) in [4.78, 5) is 7.02. The number of aryl methyl sites for hydroxylation is 1. The summed E-state index contributed by atoms with van der Waals surface area (Å²) in [5.74, 6) is 0.732. The second-order valence-electron chi connectivity index (χ2n) is 6.20. The highest BCUT2D eigenvalue weighted by atomic mass is 15.4. The lowest BCUT2D eigenvalue weighted by Crippen LogP contribution is -2.53. The van der Waals surface area contributed by atoms with Gasteiger partial charge in [0.15, 0.2) is 5.96 Å². The lowest BCUT2D eigenvalue weighted by atomic mass is 9.82. The lowest BCUT2D eigenvalue weighted by molar-refractivity contribution is 0.140. The van der Waals surface area contributed by atoms with E-state index < -0.39 is 0 Å². The Kier molecular flexibility index (Phi) is 3.45. The van der Waals surface area contributed by atoms with E-state index in [1.165, 1.54) is 36.8 Å². The fourth-order valence-corrected chi connectivity index (χ4v) is 3.89. The van der Waals surface area contributed by atoms with E-state index in [0.29, 0.717) is 6.04 Å². The molecule has 2 N–H and O–H groups in total. The molecule has 0 radical (unpaired) electrons. The molecule has 0 aromatic heterocycles. The van der Waals surface area contributed by atoms with E-state index in [-0.39, 0.29) is 5.54 Å². The highest BCUT2D eigenvalue weighted by Gasteiger charge is 2.46. The average Bonchev–Trinajstić information content (AvgIpc) is 2.69. The fourth-order valence-electron chi connectivity index (χ4n) is 3.89. The van der Waals surface area contributed by atoms with E-state index in [0.717, 1.165) is 18.9 Å². The summed E-state index contributed by atoms with van der Waals surface area (Å²) in [6.45, 7) is 5.32. The second kappa shape index (κ2) is 5.12. The molecule has 1 heterocycles. The molecular weight excluding hydrogens is 246 g/mol. The molecule has 2 atom stereocenters. The molecule has 3 rings (SSSR count). The average molecular weight is 271 g/mol. The maximum absolute atomic E-state index is 6.25. The minimum Gasteiger partial charge on any atom is -0.370 e. The Hall–Kier alpha value is -1.51. The van der Waals surface area contributed by atoms with Crippen LogP contribution in [0.25, 0.3) is 0 Å². The maximum atomic E-state index is 6.25. The molecule has 0 bridgehead atoms. The van der Waals surface area contributed by atoms with E-state index in [9.17, 15) is 0 Å². The third-order valence-electron chi connectivity index (χ3n) is 5.05. The number of benzene rings is 1. The quantitative estimate of drug-likeness (QED) is 0.898. The number of hydrogen-bond donors (Lipinski definition) is 1. The smallest absolute Gasteiger partial charge is 0.192 e. The van der Waals surface area contributed by atoms with Gasteiger partial charge in [0.25, 0.3) is 0 Å². The van der Waals surface area contributed by atoms with Gasteiger partial charge in [0.05, 0.1) is 12.1 Å². The van der Waals surface area contributed by atoms with Gasteiger partial charge in [-0.3, -0.25) is 4.99 Å². The molecule has 3 nitrogen and oxygen atoms in total. The van der Waals surface area contributed by atoms with Crippen molar-refractivity contribution in [3.8, 4) is 0 Å². The van der Waals surface area contributed by atoms with Crippen LogP contribution in [0.1, 0.15) is 50.7 Å². The number of rotatable bonds is 2. The van der Waals surface area contributed by atoms with Gasteiger partial charge in [-0.15, -0.1) is 0 Å². The van der Waals surface area contributed by atoms with Gasteiger partial charge in [-0.25, -0.2) is 0 Å². The molecule has 1 aromatic carbocycles. The summed E-state index contributed by atoms with van der Waals surface area (Å²) < 4.78 is 0. The highest BCUT2D eigenvalue weighted by Crippen LogP contribution is 2.43. The van der Waals surface area contributed by atoms with E-state index in [1.54, 1.807) is 0 Å². The highest BCUT2D eigenvalue weighted by molar-refractivity contribution is 5.82. The van der Waals surface area contributed by atoms with Crippen LogP contribution in [0, 0.1) is 0 Å². The molecule has 108 valence electrons. The van der Waals surface area contributed by atoms with Gasteiger partial charge >= 0.3 is 0 Å². The Labute approximate surface area is 121 Å². The van der Waals surface area contributed by atoms with Gasteiger partial charge in [0, 0.05) is 6.04 Å². The van der Waals surface area contributed by atoms with Crippen molar-refractivity contribution in [1.82, 2.24) is 4.90 Å². The molecule has 0 saturated heterocycles. The van der Waals surface area contributed by atoms with E-state index in [1.807, 2.05) is 0 Å². The van der Waals surface area contributed by atoms with Gasteiger partial charge < -0.3 is 10.6 Å².